The second-order valence-electron chi connectivity index (χ2n) is 6.83. The highest BCUT2D eigenvalue weighted by atomic mass is 32.2. The van der Waals surface area contributed by atoms with Crippen LogP contribution in [0.3, 0.4) is 0 Å². The molecule has 0 amide bonds. The zero-order valence-electron chi connectivity index (χ0n) is 16.0. The summed E-state index contributed by atoms with van der Waals surface area (Å²) in [6, 6.07) is 8.00. The summed E-state index contributed by atoms with van der Waals surface area (Å²) in [4.78, 5) is 12.7. The SMILES string of the molecule is Nc1nc(Nc2ccc(S(N)(=O)=O)cc2)nn1-c1cc(NC2CCNCC2)ncn1. The zero-order chi connectivity index (χ0) is 21.1. The molecule has 1 aliphatic heterocycles. The fourth-order valence-electron chi connectivity index (χ4n) is 3.12. The van der Waals surface area contributed by atoms with Gasteiger partial charge in [0, 0.05) is 17.8 Å². The molecule has 30 heavy (non-hydrogen) atoms. The van der Waals surface area contributed by atoms with Crippen molar-refractivity contribution in [3.63, 3.8) is 0 Å². The summed E-state index contributed by atoms with van der Waals surface area (Å²) in [7, 11) is -3.75. The maximum Gasteiger partial charge on any atom is 0.248 e. The van der Waals surface area contributed by atoms with Crippen LogP contribution in [0.15, 0.2) is 41.6 Å². The number of nitrogens with zero attached hydrogens (tertiary/aromatic N) is 5. The number of hydrogen-bond donors (Lipinski definition) is 5. The smallest absolute Gasteiger partial charge is 0.248 e. The molecule has 158 valence electrons. The number of nitrogens with one attached hydrogen (secondary N) is 3. The van der Waals surface area contributed by atoms with Crippen LogP contribution < -0.4 is 26.8 Å². The summed E-state index contributed by atoms with van der Waals surface area (Å²) >= 11 is 0. The van der Waals surface area contributed by atoms with E-state index in [1.54, 1.807) is 18.2 Å². The molecule has 0 saturated carbocycles. The number of sulfonamides is 1. The summed E-state index contributed by atoms with van der Waals surface area (Å²) in [6.45, 7) is 1.94. The maximum atomic E-state index is 11.4. The molecule has 4 rings (SSSR count). The van der Waals surface area contributed by atoms with Gasteiger partial charge in [-0.1, -0.05) is 0 Å². The Hall–Kier alpha value is -3.29. The fraction of sp³-hybridized carbons (Fsp3) is 0.294. The number of piperidine rings is 1. The van der Waals surface area contributed by atoms with Crippen molar-refractivity contribution in [3.8, 4) is 5.82 Å². The Balaban J connectivity index is 1.50. The standard InChI is InChI=1S/C17H22N10O2S/c18-16-25-17(24-11-1-3-13(4-2-11)30(19,28)29)26-27(16)15-9-14(21-10-22-15)23-12-5-7-20-8-6-12/h1-4,9-10,12,20H,5-8H2,(H2,19,28,29)(H,21,22,23)(H3,18,24,25,26). The molecule has 1 saturated heterocycles. The normalized spacial score (nSPS) is 15.1. The molecule has 3 heterocycles. The minimum Gasteiger partial charge on any atom is -0.368 e. The summed E-state index contributed by atoms with van der Waals surface area (Å²) in [5.74, 6) is 1.55. The molecule has 3 aromatic rings. The van der Waals surface area contributed by atoms with Gasteiger partial charge < -0.3 is 21.7 Å². The Kier molecular flexibility index (Phi) is 5.48. The average Bonchev–Trinajstić information content (AvgIpc) is 3.09. The third-order valence-corrected chi connectivity index (χ3v) is 5.56. The van der Waals surface area contributed by atoms with Crippen molar-refractivity contribution < 1.29 is 8.42 Å². The Morgan fingerprint density at radius 1 is 1.13 bits per heavy atom. The third kappa shape index (κ3) is 4.64. The highest BCUT2D eigenvalue weighted by molar-refractivity contribution is 7.89. The van der Waals surface area contributed by atoms with Gasteiger partial charge in [0.15, 0.2) is 5.82 Å². The van der Waals surface area contributed by atoms with Gasteiger partial charge in [-0.2, -0.15) is 9.67 Å². The molecule has 1 aliphatic rings. The quantitative estimate of drug-likeness (QED) is 0.362. The first-order valence-corrected chi connectivity index (χ1v) is 10.9. The van der Waals surface area contributed by atoms with Crippen molar-refractivity contribution in [2.75, 3.05) is 29.5 Å². The Bertz CT molecular complexity index is 1120. The zero-order valence-corrected chi connectivity index (χ0v) is 16.8. The maximum absolute atomic E-state index is 11.4. The number of anilines is 4. The predicted octanol–water partition coefficient (Wildman–Crippen LogP) is 0.194. The second-order valence-corrected chi connectivity index (χ2v) is 8.39. The molecule has 0 unspecified atom stereocenters. The Morgan fingerprint density at radius 2 is 1.87 bits per heavy atom. The third-order valence-electron chi connectivity index (χ3n) is 4.63. The molecule has 13 heteroatoms. The summed E-state index contributed by atoms with van der Waals surface area (Å²) in [5.41, 5.74) is 6.59. The van der Waals surface area contributed by atoms with E-state index in [0.717, 1.165) is 25.9 Å². The molecule has 12 nitrogen and oxygen atoms in total. The molecular formula is C17H22N10O2S. The first-order valence-electron chi connectivity index (χ1n) is 9.30. The number of nitrogens with two attached hydrogens (primary N) is 2. The van der Waals surface area contributed by atoms with Gasteiger partial charge in [0.25, 0.3) is 0 Å². The van der Waals surface area contributed by atoms with Crippen LogP contribution in [-0.2, 0) is 10.0 Å². The van der Waals surface area contributed by atoms with Crippen LogP contribution in [0, 0.1) is 0 Å². The van der Waals surface area contributed by atoms with Gasteiger partial charge in [-0.3, -0.25) is 0 Å². The lowest BCUT2D eigenvalue weighted by Crippen LogP contribution is -2.35. The predicted molar refractivity (Wildman–Crippen MR) is 112 cm³/mol. The topological polar surface area (TPSA) is 179 Å². The van der Waals surface area contributed by atoms with E-state index in [4.69, 9.17) is 10.9 Å². The number of primary sulfonamides is 1. The molecule has 1 fully saturated rings. The van der Waals surface area contributed by atoms with Crippen molar-refractivity contribution in [3.05, 3.63) is 36.7 Å². The van der Waals surface area contributed by atoms with E-state index in [1.165, 1.54) is 23.1 Å². The van der Waals surface area contributed by atoms with E-state index >= 15 is 0 Å². The van der Waals surface area contributed by atoms with Crippen molar-refractivity contribution in [2.45, 2.75) is 23.8 Å². The van der Waals surface area contributed by atoms with Gasteiger partial charge in [-0.05, 0) is 50.2 Å². The van der Waals surface area contributed by atoms with Gasteiger partial charge in [0.05, 0.1) is 4.90 Å². The second kappa shape index (κ2) is 8.22. The van der Waals surface area contributed by atoms with E-state index in [2.05, 4.69) is 36.0 Å². The minimum absolute atomic E-state index is 0.0146. The Morgan fingerprint density at radius 3 is 2.57 bits per heavy atom. The van der Waals surface area contributed by atoms with Gasteiger partial charge in [0.1, 0.15) is 12.1 Å². The molecule has 2 aromatic heterocycles. The first kappa shape index (κ1) is 20.0. The van der Waals surface area contributed by atoms with Crippen LogP contribution in [0.4, 0.5) is 23.4 Å². The lowest BCUT2D eigenvalue weighted by atomic mass is 10.1. The van der Waals surface area contributed by atoms with Crippen LogP contribution in [0.2, 0.25) is 0 Å². The van der Waals surface area contributed by atoms with Crippen LogP contribution in [-0.4, -0.2) is 52.3 Å². The molecule has 0 spiro atoms. The van der Waals surface area contributed by atoms with Crippen LogP contribution in [0.25, 0.3) is 5.82 Å². The summed E-state index contributed by atoms with van der Waals surface area (Å²) < 4.78 is 24.1. The largest absolute Gasteiger partial charge is 0.368 e. The average molecular weight is 430 g/mol. The Labute approximate surface area is 173 Å². The fourth-order valence-corrected chi connectivity index (χ4v) is 3.64. The molecule has 0 radical (unpaired) electrons. The van der Waals surface area contributed by atoms with E-state index in [0.29, 0.717) is 23.4 Å². The number of aromatic nitrogens is 5. The minimum atomic E-state index is -3.75. The summed E-state index contributed by atoms with van der Waals surface area (Å²) in [6.07, 6.45) is 3.48. The molecule has 1 aromatic carbocycles. The highest BCUT2D eigenvalue weighted by Gasteiger charge is 2.15. The molecule has 0 aliphatic carbocycles. The van der Waals surface area contributed by atoms with Gasteiger partial charge >= 0.3 is 0 Å². The first-order chi connectivity index (χ1) is 14.4. The number of benzene rings is 1. The molecule has 0 atom stereocenters. The lowest BCUT2D eigenvalue weighted by Gasteiger charge is -2.24. The summed E-state index contributed by atoms with van der Waals surface area (Å²) in [5, 5.41) is 19.1. The van der Waals surface area contributed by atoms with E-state index in [1.807, 2.05) is 0 Å². The molecule has 0 bridgehead atoms. The van der Waals surface area contributed by atoms with Crippen LogP contribution in [0.5, 0.6) is 0 Å². The van der Waals surface area contributed by atoms with Crippen molar-refractivity contribution in [2.24, 2.45) is 5.14 Å². The van der Waals surface area contributed by atoms with Crippen LogP contribution >= 0.6 is 0 Å². The number of rotatable bonds is 6. The highest BCUT2D eigenvalue weighted by Crippen LogP contribution is 2.19. The van der Waals surface area contributed by atoms with E-state index < -0.39 is 10.0 Å². The number of nitrogen functional groups attached to an aromatic ring is 1. The lowest BCUT2D eigenvalue weighted by molar-refractivity contribution is 0.478. The van der Waals surface area contributed by atoms with E-state index in [-0.39, 0.29) is 16.8 Å². The number of hydrogen-bond acceptors (Lipinski definition) is 10. The van der Waals surface area contributed by atoms with Crippen LogP contribution in [0.1, 0.15) is 12.8 Å². The van der Waals surface area contributed by atoms with Crippen molar-refractivity contribution in [1.29, 1.82) is 0 Å². The molecule has 7 N–H and O–H groups in total. The monoisotopic (exact) mass is 430 g/mol. The van der Waals surface area contributed by atoms with E-state index in [9.17, 15) is 8.42 Å². The van der Waals surface area contributed by atoms with Gasteiger partial charge in [-0.25, -0.2) is 23.5 Å². The van der Waals surface area contributed by atoms with Crippen molar-refractivity contribution in [1.82, 2.24) is 30.0 Å². The van der Waals surface area contributed by atoms with Gasteiger partial charge in [-0.15, -0.1) is 5.10 Å². The molecular weight excluding hydrogens is 408 g/mol. The van der Waals surface area contributed by atoms with Gasteiger partial charge in [0.2, 0.25) is 21.9 Å². The van der Waals surface area contributed by atoms with Crippen molar-refractivity contribution >= 4 is 33.4 Å².